The van der Waals surface area contributed by atoms with Crippen LogP contribution in [0.2, 0.25) is 0 Å². The zero-order valence-electron chi connectivity index (χ0n) is 19.4. The summed E-state index contributed by atoms with van der Waals surface area (Å²) >= 11 is 1.69. The third-order valence-electron chi connectivity index (χ3n) is 6.07. The number of anilines is 1. The van der Waals surface area contributed by atoms with Gasteiger partial charge in [0.2, 0.25) is 0 Å². The van der Waals surface area contributed by atoms with Crippen molar-refractivity contribution in [2.75, 3.05) is 4.90 Å². The zero-order valence-corrected chi connectivity index (χ0v) is 20.2. The average Bonchev–Trinajstić information content (AvgIpc) is 3.38. The summed E-state index contributed by atoms with van der Waals surface area (Å²) in [6.07, 6.45) is 1.88. The van der Waals surface area contributed by atoms with E-state index < -0.39 is 0 Å². The lowest BCUT2D eigenvalue weighted by Crippen LogP contribution is -2.28. The summed E-state index contributed by atoms with van der Waals surface area (Å²) in [7, 11) is 1.89. The molecule has 5 rings (SSSR count). The van der Waals surface area contributed by atoms with Crippen LogP contribution in [0, 0.1) is 13.8 Å². The van der Waals surface area contributed by atoms with Crippen LogP contribution < -0.4 is 10.5 Å². The van der Waals surface area contributed by atoms with Gasteiger partial charge in [0.1, 0.15) is 5.37 Å². The Balaban J connectivity index is 1.52. The summed E-state index contributed by atoms with van der Waals surface area (Å²) in [5, 5.41) is 2.11. The topological polar surface area (TPSA) is 42.5 Å². The lowest BCUT2D eigenvalue weighted by atomic mass is 10.1. The fraction of sp³-hybridized carbons (Fsp3) is 0.143. The number of para-hydroxylation sites is 1. The maximum absolute atomic E-state index is 13.3. The Morgan fingerprint density at radius 3 is 2.18 bits per heavy atom. The first-order valence-corrected chi connectivity index (χ1v) is 12.1. The summed E-state index contributed by atoms with van der Waals surface area (Å²) in [4.78, 5) is 20.3. The minimum absolute atomic E-state index is 0.0675. The number of hydrogen-bond donors (Lipinski definition) is 0. The monoisotopic (exact) mass is 466 g/mol. The van der Waals surface area contributed by atoms with Crippen molar-refractivity contribution in [1.82, 2.24) is 9.36 Å². The number of thioether (sulfide) groups is 1. The van der Waals surface area contributed by atoms with Gasteiger partial charge in [-0.1, -0.05) is 66.2 Å². The van der Waals surface area contributed by atoms with Crippen LogP contribution in [-0.4, -0.2) is 21.0 Å². The van der Waals surface area contributed by atoms with Crippen LogP contribution in [0.5, 0.6) is 0 Å². The van der Waals surface area contributed by atoms with E-state index in [1.807, 2.05) is 61.3 Å². The van der Waals surface area contributed by atoms with Gasteiger partial charge < -0.3 is 4.90 Å². The van der Waals surface area contributed by atoms with Crippen LogP contribution in [-0.2, 0) is 7.05 Å². The third-order valence-corrected chi connectivity index (χ3v) is 7.04. The molecule has 1 aliphatic heterocycles. The second kappa shape index (κ2) is 9.23. The number of nitrogens with zero attached hydrogens (tertiary/aromatic N) is 4. The summed E-state index contributed by atoms with van der Waals surface area (Å²) in [6.45, 7) is 4.02. The van der Waals surface area contributed by atoms with Crippen LogP contribution >= 0.6 is 11.8 Å². The van der Waals surface area contributed by atoms with Gasteiger partial charge in [0, 0.05) is 18.9 Å². The van der Waals surface area contributed by atoms with E-state index in [4.69, 9.17) is 4.99 Å². The fourth-order valence-electron chi connectivity index (χ4n) is 4.14. The first-order valence-electron chi connectivity index (χ1n) is 11.2. The van der Waals surface area contributed by atoms with Crippen molar-refractivity contribution >= 4 is 35.0 Å². The zero-order chi connectivity index (χ0) is 23.7. The minimum atomic E-state index is -0.122. The highest BCUT2D eigenvalue weighted by Crippen LogP contribution is 2.40. The van der Waals surface area contributed by atoms with E-state index >= 15 is 0 Å². The Labute approximate surface area is 203 Å². The van der Waals surface area contributed by atoms with Crippen LogP contribution in [0.15, 0.2) is 100 Å². The molecule has 3 aromatic carbocycles. The normalized spacial score (nSPS) is 15.8. The summed E-state index contributed by atoms with van der Waals surface area (Å²) < 4.78 is 3.52. The Morgan fingerprint density at radius 1 is 0.853 bits per heavy atom. The predicted octanol–water partition coefficient (Wildman–Crippen LogP) is 6.07. The highest BCUT2D eigenvalue weighted by Gasteiger charge is 2.28. The molecule has 1 aliphatic rings. The molecule has 0 saturated heterocycles. The summed E-state index contributed by atoms with van der Waals surface area (Å²) in [5.74, 6) is 0. The highest BCUT2D eigenvalue weighted by molar-refractivity contribution is 8.04. The first-order chi connectivity index (χ1) is 16.5. The van der Waals surface area contributed by atoms with Gasteiger partial charge in [-0.25, -0.2) is 4.68 Å². The van der Waals surface area contributed by atoms with Crippen molar-refractivity contribution in [3.8, 4) is 5.69 Å². The van der Waals surface area contributed by atoms with Gasteiger partial charge in [-0.15, -0.1) is 11.8 Å². The molecule has 1 atom stereocenters. The molecule has 170 valence electrons. The number of hydrogen-bond acceptors (Lipinski definition) is 4. The van der Waals surface area contributed by atoms with Crippen LogP contribution in [0.4, 0.5) is 11.4 Å². The van der Waals surface area contributed by atoms with Crippen molar-refractivity contribution in [2.45, 2.75) is 19.2 Å². The van der Waals surface area contributed by atoms with Gasteiger partial charge in [-0.05, 0) is 49.1 Å². The lowest BCUT2D eigenvalue weighted by Gasteiger charge is -2.27. The molecule has 0 N–H and O–H groups in total. The van der Waals surface area contributed by atoms with Crippen molar-refractivity contribution < 1.29 is 0 Å². The van der Waals surface area contributed by atoms with Crippen molar-refractivity contribution in [2.24, 2.45) is 12.0 Å². The fourth-order valence-corrected chi connectivity index (χ4v) is 5.15. The average molecular weight is 467 g/mol. The maximum Gasteiger partial charge on any atom is 0.297 e. The Bertz CT molecular complexity index is 1420. The molecular formula is C28H26N4OS. The van der Waals surface area contributed by atoms with Crippen molar-refractivity contribution in [3.63, 3.8) is 0 Å². The largest absolute Gasteiger partial charge is 0.323 e. The number of aryl methyl sites for hydroxylation is 1. The molecule has 0 amide bonds. The number of benzene rings is 3. The van der Waals surface area contributed by atoms with E-state index in [0.29, 0.717) is 5.69 Å². The van der Waals surface area contributed by atoms with Gasteiger partial charge in [-0.3, -0.25) is 14.5 Å². The second-order valence-electron chi connectivity index (χ2n) is 8.29. The Hall–Kier alpha value is -3.77. The van der Waals surface area contributed by atoms with Crippen molar-refractivity contribution in [3.05, 3.63) is 118 Å². The molecular weight excluding hydrogens is 440 g/mol. The van der Waals surface area contributed by atoms with Gasteiger partial charge in [-0.2, -0.15) is 0 Å². The molecule has 0 radical (unpaired) electrons. The molecule has 1 unspecified atom stereocenters. The Morgan fingerprint density at radius 2 is 1.50 bits per heavy atom. The highest BCUT2D eigenvalue weighted by atomic mass is 32.2. The lowest BCUT2D eigenvalue weighted by molar-refractivity contribution is 0.630. The SMILES string of the molecule is Cc1ccc(N2C(c3ccccc3)=CSC2C=Nc2c(C)n(C)n(-c3ccccc3)c2=O)cc1. The van der Waals surface area contributed by atoms with Gasteiger partial charge in [0.15, 0.2) is 5.69 Å². The van der Waals surface area contributed by atoms with E-state index in [1.54, 1.807) is 16.4 Å². The maximum atomic E-state index is 13.3. The number of rotatable bonds is 5. The molecule has 2 heterocycles. The van der Waals surface area contributed by atoms with Gasteiger partial charge in [0.05, 0.1) is 17.1 Å². The Kier molecular flexibility index (Phi) is 5.99. The summed E-state index contributed by atoms with van der Waals surface area (Å²) in [5.41, 5.74) is 6.56. The van der Waals surface area contributed by atoms with E-state index in [0.717, 1.165) is 28.3 Å². The van der Waals surface area contributed by atoms with Crippen LogP contribution in [0.3, 0.4) is 0 Å². The molecule has 6 heteroatoms. The smallest absolute Gasteiger partial charge is 0.297 e. The molecule has 4 aromatic rings. The quantitative estimate of drug-likeness (QED) is 0.335. The van der Waals surface area contributed by atoms with Crippen molar-refractivity contribution in [1.29, 1.82) is 0 Å². The molecule has 0 fully saturated rings. The molecule has 5 nitrogen and oxygen atoms in total. The first kappa shape index (κ1) is 22.0. The molecule has 0 bridgehead atoms. The van der Waals surface area contributed by atoms with Gasteiger partial charge in [0.25, 0.3) is 5.56 Å². The molecule has 0 spiro atoms. The van der Waals surface area contributed by atoms with E-state index in [1.165, 1.54) is 5.56 Å². The molecule has 34 heavy (non-hydrogen) atoms. The van der Waals surface area contributed by atoms with E-state index in [2.05, 4.69) is 65.8 Å². The van der Waals surface area contributed by atoms with Gasteiger partial charge >= 0.3 is 0 Å². The number of aliphatic imine (C=N–C) groups is 1. The van der Waals surface area contributed by atoms with Crippen LogP contribution in [0.25, 0.3) is 11.4 Å². The predicted molar refractivity (Wildman–Crippen MR) is 143 cm³/mol. The second-order valence-corrected chi connectivity index (χ2v) is 9.28. The third kappa shape index (κ3) is 4.01. The molecule has 1 aromatic heterocycles. The molecule has 0 aliphatic carbocycles. The molecule has 0 saturated carbocycles. The number of aromatic nitrogens is 2. The van der Waals surface area contributed by atoms with E-state index in [9.17, 15) is 4.79 Å². The standard InChI is InChI=1S/C28H26N4OS/c1-20-14-16-23(17-15-20)31-25(22-10-6-4-7-11-22)19-34-26(31)18-29-27-21(2)30(3)32(28(27)33)24-12-8-5-9-13-24/h4-19,26H,1-3H3. The van der Waals surface area contributed by atoms with Crippen LogP contribution in [0.1, 0.15) is 16.8 Å². The van der Waals surface area contributed by atoms with E-state index in [-0.39, 0.29) is 10.9 Å². The summed E-state index contributed by atoms with van der Waals surface area (Å²) in [6, 6.07) is 28.5. The minimum Gasteiger partial charge on any atom is -0.323 e.